The van der Waals surface area contributed by atoms with Crippen LogP contribution in [-0.2, 0) is 4.74 Å². The maximum atomic E-state index is 11.8. The van der Waals surface area contributed by atoms with E-state index in [4.69, 9.17) is 14.2 Å². The first-order valence-corrected chi connectivity index (χ1v) is 6.03. The molecule has 4 heteroatoms. The van der Waals surface area contributed by atoms with Crippen LogP contribution in [0.25, 0.3) is 10.8 Å². The molecule has 2 aromatic rings. The molecule has 0 aliphatic rings. The minimum atomic E-state index is -0.363. The molecule has 19 heavy (non-hydrogen) atoms. The highest BCUT2D eigenvalue weighted by molar-refractivity contribution is 6.05. The van der Waals surface area contributed by atoms with Gasteiger partial charge in [0.15, 0.2) is 11.5 Å². The van der Waals surface area contributed by atoms with Crippen LogP contribution < -0.4 is 9.47 Å². The summed E-state index contributed by atoms with van der Waals surface area (Å²) in [5, 5.41) is 1.70. The first-order valence-electron chi connectivity index (χ1n) is 6.03. The number of ether oxygens (including phenoxy) is 3. The number of benzene rings is 2. The summed E-state index contributed by atoms with van der Waals surface area (Å²) in [5.41, 5.74) is 0.517. The van der Waals surface area contributed by atoms with Gasteiger partial charge in [0.1, 0.15) is 0 Å². The number of fused-ring (bicyclic) bond motifs is 1. The first kappa shape index (κ1) is 13.2. The van der Waals surface area contributed by atoms with Crippen molar-refractivity contribution >= 4 is 16.7 Å². The molecule has 0 amide bonds. The zero-order chi connectivity index (χ0) is 13.8. The molecule has 0 radical (unpaired) electrons. The number of carbonyl (C=O) groups is 1. The predicted molar refractivity (Wildman–Crippen MR) is 73.0 cm³/mol. The van der Waals surface area contributed by atoms with E-state index in [9.17, 15) is 4.79 Å². The van der Waals surface area contributed by atoms with E-state index in [0.29, 0.717) is 23.7 Å². The van der Waals surface area contributed by atoms with Crippen LogP contribution in [0, 0.1) is 0 Å². The summed E-state index contributed by atoms with van der Waals surface area (Å²) in [4.78, 5) is 11.8. The molecule has 0 bridgehead atoms. The number of hydrogen-bond donors (Lipinski definition) is 0. The lowest BCUT2D eigenvalue weighted by molar-refractivity contribution is 0.0603. The third-order valence-electron chi connectivity index (χ3n) is 2.87. The zero-order valence-electron chi connectivity index (χ0n) is 11.2. The summed E-state index contributed by atoms with van der Waals surface area (Å²) in [6.07, 6.45) is 0. The van der Waals surface area contributed by atoms with Crippen LogP contribution in [0.5, 0.6) is 11.5 Å². The Hall–Kier alpha value is -2.23. The van der Waals surface area contributed by atoms with E-state index in [1.54, 1.807) is 13.2 Å². The molecular formula is C15H16O4. The summed E-state index contributed by atoms with van der Waals surface area (Å²) in [6.45, 7) is 2.43. The summed E-state index contributed by atoms with van der Waals surface area (Å²) < 4.78 is 15.6. The van der Waals surface area contributed by atoms with Gasteiger partial charge in [-0.1, -0.05) is 12.1 Å². The molecule has 2 rings (SSSR count). The van der Waals surface area contributed by atoms with Crippen LogP contribution >= 0.6 is 0 Å². The van der Waals surface area contributed by atoms with Gasteiger partial charge in [-0.3, -0.25) is 0 Å². The largest absolute Gasteiger partial charge is 0.493 e. The lowest BCUT2D eigenvalue weighted by atomic mass is 10.0. The van der Waals surface area contributed by atoms with E-state index in [2.05, 4.69) is 0 Å². The van der Waals surface area contributed by atoms with Crippen molar-refractivity contribution in [3.05, 3.63) is 35.9 Å². The molecule has 0 spiro atoms. The third kappa shape index (κ3) is 2.47. The van der Waals surface area contributed by atoms with Crippen LogP contribution in [0.3, 0.4) is 0 Å². The fourth-order valence-corrected chi connectivity index (χ4v) is 2.00. The summed E-state index contributed by atoms with van der Waals surface area (Å²) >= 11 is 0. The van der Waals surface area contributed by atoms with E-state index in [1.165, 1.54) is 7.11 Å². The third-order valence-corrected chi connectivity index (χ3v) is 2.87. The molecule has 0 aliphatic carbocycles. The Labute approximate surface area is 111 Å². The maximum Gasteiger partial charge on any atom is 0.338 e. The van der Waals surface area contributed by atoms with Crippen molar-refractivity contribution in [1.82, 2.24) is 0 Å². The maximum absolute atomic E-state index is 11.8. The van der Waals surface area contributed by atoms with Gasteiger partial charge >= 0.3 is 5.97 Å². The topological polar surface area (TPSA) is 44.8 Å². The second-order valence-corrected chi connectivity index (χ2v) is 3.95. The Morgan fingerprint density at radius 3 is 2.58 bits per heavy atom. The average Bonchev–Trinajstić information content (AvgIpc) is 2.45. The van der Waals surface area contributed by atoms with Gasteiger partial charge in [0.05, 0.1) is 26.4 Å². The molecule has 0 saturated heterocycles. The van der Waals surface area contributed by atoms with Crippen molar-refractivity contribution in [3.63, 3.8) is 0 Å². The highest BCUT2D eigenvalue weighted by Crippen LogP contribution is 2.34. The number of methoxy groups -OCH3 is 2. The Morgan fingerprint density at radius 1 is 1.16 bits per heavy atom. The summed E-state index contributed by atoms with van der Waals surface area (Å²) in [6, 6.07) is 9.13. The molecule has 0 atom stereocenters. The van der Waals surface area contributed by atoms with Crippen molar-refractivity contribution in [3.8, 4) is 11.5 Å². The van der Waals surface area contributed by atoms with E-state index < -0.39 is 0 Å². The fraction of sp³-hybridized carbons (Fsp3) is 0.267. The van der Waals surface area contributed by atoms with Gasteiger partial charge in [-0.15, -0.1) is 0 Å². The number of esters is 1. The highest BCUT2D eigenvalue weighted by Gasteiger charge is 2.13. The Kier molecular flexibility index (Phi) is 3.90. The average molecular weight is 260 g/mol. The van der Waals surface area contributed by atoms with Crippen LogP contribution in [0.15, 0.2) is 30.3 Å². The molecule has 100 valence electrons. The molecule has 2 aromatic carbocycles. The quantitative estimate of drug-likeness (QED) is 0.793. The van der Waals surface area contributed by atoms with E-state index in [-0.39, 0.29) is 5.97 Å². The minimum Gasteiger partial charge on any atom is -0.493 e. The highest BCUT2D eigenvalue weighted by atomic mass is 16.5. The Balaban J connectivity index is 2.67. The van der Waals surface area contributed by atoms with E-state index >= 15 is 0 Å². The van der Waals surface area contributed by atoms with Crippen molar-refractivity contribution in [1.29, 1.82) is 0 Å². The molecule has 0 unspecified atom stereocenters. The zero-order valence-corrected chi connectivity index (χ0v) is 11.2. The summed E-state index contributed by atoms with van der Waals surface area (Å²) in [7, 11) is 2.96. The van der Waals surface area contributed by atoms with Gasteiger partial charge in [-0.25, -0.2) is 4.79 Å². The van der Waals surface area contributed by atoms with Gasteiger partial charge in [-0.2, -0.15) is 0 Å². The first-order chi connectivity index (χ1) is 9.21. The Bertz CT molecular complexity index is 604. The Morgan fingerprint density at radius 2 is 1.95 bits per heavy atom. The van der Waals surface area contributed by atoms with E-state index in [1.807, 2.05) is 31.2 Å². The molecule has 0 aromatic heterocycles. The van der Waals surface area contributed by atoms with Crippen LogP contribution in [0.1, 0.15) is 17.3 Å². The summed E-state index contributed by atoms with van der Waals surface area (Å²) in [5.74, 6) is 0.906. The van der Waals surface area contributed by atoms with Crippen LogP contribution in [-0.4, -0.2) is 26.8 Å². The normalized spacial score (nSPS) is 10.3. The minimum absolute atomic E-state index is 0.363. The van der Waals surface area contributed by atoms with Crippen molar-refractivity contribution < 1.29 is 19.0 Å². The standard InChI is InChI=1S/C15H16O4/c1-4-19-14-9-12-10(8-13(14)17-2)6-5-7-11(12)15(16)18-3/h5-9H,4H2,1-3H3. The molecular weight excluding hydrogens is 244 g/mol. The molecule has 4 nitrogen and oxygen atoms in total. The van der Waals surface area contributed by atoms with Gasteiger partial charge < -0.3 is 14.2 Å². The van der Waals surface area contributed by atoms with Crippen LogP contribution in [0.2, 0.25) is 0 Å². The van der Waals surface area contributed by atoms with Crippen molar-refractivity contribution in [2.24, 2.45) is 0 Å². The molecule has 0 aliphatic heterocycles. The van der Waals surface area contributed by atoms with Gasteiger partial charge in [0.25, 0.3) is 0 Å². The molecule has 0 fully saturated rings. The molecule has 0 saturated carbocycles. The lowest BCUT2D eigenvalue weighted by Gasteiger charge is -2.12. The monoisotopic (exact) mass is 260 g/mol. The van der Waals surface area contributed by atoms with Gasteiger partial charge in [0, 0.05) is 5.39 Å². The second kappa shape index (κ2) is 5.61. The smallest absolute Gasteiger partial charge is 0.338 e. The van der Waals surface area contributed by atoms with E-state index in [0.717, 1.165) is 10.8 Å². The van der Waals surface area contributed by atoms with Gasteiger partial charge in [-0.05, 0) is 30.5 Å². The lowest BCUT2D eigenvalue weighted by Crippen LogP contribution is -2.02. The molecule has 0 N–H and O–H groups in total. The number of carbonyl (C=O) groups excluding carboxylic acids is 1. The van der Waals surface area contributed by atoms with Crippen LogP contribution in [0.4, 0.5) is 0 Å². The predicted octanol–water partition coefficient (Wildman–Crippen LogP) is 3.03. The van der Waals surface area contributed by atoms with Crippen molar-refractivity contribution in [2.75, 3.05) is 20.8 Å². The number of rotatable bonds is 4. The van der Waals surface area contributed by atoms with Crippen molar-refractivity contribution in [2.45, 2.75) is 6.92 Å². The van der Waals surface area contributed by atoms with Gasteiger partial charge in [0.2, 0.25) is 0 Å². The number of hydrogen-bond acceptors (Lipinski definition) is 4. The fourth-order valence-electron chi connectivity index (χ4n) is 2.00. The SMILES string of the molecule is CCOc1cc2c(C(=O)OC)cccc2cc1OC. The molecule has 0 heterocycles. The second-order valence-electron chi connectivity index (χ2n) is 3.95.